The first-order valence-electron chi connectivity index (χ1n) is 7.20. The first-order valence-corrected chi connectivity index (χ1v) is 7.20. The van der Waals surface area contributed by atoms with E-state index >= 15 is 0 Å². The summed E-state index contributed by atoms with van der Waals surface area (Å²) in [5, 5.41) is 0. The van der Waals surface area contributed by atoms with Gasteiger partial charge in [0.1, 0.15) is 5.82 Å². The van der Waals surface area contributed by atoms with Crippen molar-refractivity contribution in [3.8, 4) is 0 Å². The Balaban J connectivity index is 2.06. The molecule has 106 valence electrons. The highest BCUT2D eigenvalue weighted by Gasteiger charge is 2.18. The van der Waals surface area contributed by atoms with Crippen LogP contribution in [0.1, 0.15) is 18.9 Å². The van der Waals surface area contributed by atoms with E-state index in [9.17, 15) is 4.39 Å². The number of piperazine rings is 1. The van der Waals surface area contributed by atoms with Crippen LogP contribution >= 0.6 is 0 Å². The van der Waals surface area contributed by atoms with E-state index in [1.165, 1.54) is 13.0 Å². The van der Waals surface area contributed by atoms with Crippen LogP contribution in [0, 0.1) is 5.82 Å². The lowest BCUT2D eigenvalue weighted by Gasteiger charge is -2.37. The summed E-state index contributed by atoms with van der Waals surface area (Å²) >= 11 is 0. The zero-order chi connectivity index (χ0) is 13.7. The summed E-state index contributed by atoms with van der Waals surface area (Å²) in [5.74, 6) is -0.170. The lowest BCUT2D eigenvalue weighted by molar-refractivity contribution is 0.258. The van der Waals surface area contributed by atoms with E-state index in [2.05, 4.69) is 16.7 Å². The minimum Gasteiger partial charge on any atom is -0.369 e. The second kappa shape index (κ2) is 6.87. The first kappa shape index (κ1) is 14.3. The van der Waals surface area contributed by atoms with Crippen LogP contribution in [0.25, 0.3) is 0 Å². The number of nitrogens with zero attached hydrogens (tertiary/aromatic N) is 2. The molecular formula is C15H24FN3. The van der Waals surface area contributed by atoms with Crippen molar-refractivity contribution in [2.75, 3.05) is 44.2 Å². The zero-order valence-electron chi connectivity index (χ0n) is 11.7. The second-order valence-electron chi connectivity index (χ2n) is 5.14. The Hall–Kier alpha value is -1.13. The maximum Gasteiger partial charge on any atom is 0.123 e. The van der Waals surface area contributed by atoms with Crippen molar-refractivity contribution in [2.24, 2.45) is 5.73 Å². The minimum atomic E-state index is -0.170. The van der Waals surface area contributed by atoms with Crippen LogP contribution in [0.4, 0.5) is 10.1 Å². The number of hydrogen-bond donors (Lipinski definition) is 1. The maximum absolute atomic E-state index is 13.3. The third-order valence-electron chi connectivity index (χ3n) is 3.71. The average molecular weight is 265 g/mol. The van der Waals surface area contributed by atoms with E-state index in [0.29, 0.717) is 6.54 Å². The maximum atomic E-state index is 13.3. The van der Waals surface area contributed by atoms with Crippen LogP contribution in [0.15, 0.2) is 18.2 Å². The third-order valence-corrected chi connectivity index (χ3v) is 3.71. The first-order chi connectivity index (χ1) is 9.24. The van der Waals surface area contributed by atoms with Crippen molar-refractivity contribution < 1.29 is 4.39 Å². The lowest BCUT2D eigenvalue weighted by atomic mass is 10.1. The normalized spacial score (nSPS) is 16.9. The van der Waals surface area contributed by atoms with Crippen molar-refractivity contribution in [1.82, 2.24) is 4.90 Å². The van der Waals surface area contributed by atoms with Gasteiger partial charge in [0.2, 0.25) is 0 Å². The molecule has 1 saturated heterocycles. The number of rotatable bonds is 5. The number of nitrogens with two attached hydrogens (primary N) is 1. The van der Waals surface area contributed by atoms with Crippen molar-refractivity contribution in [3.63, 3.8) is 0 Å². The Morgan fingerprint density at radius 2 is 1.95 bits per heavy atom. The fraction of sp³-hybridized carbons (Fsp3) is 0.600. The molecule has 1 fully saturated rings. The molecule has 0 bridgehead atoms. The highest BCUT2D eigenvalue weighted by molar-refractivity contribution is 5.54. The van der Waals surface area contributed by atoms with Crippen molar-refractivity contribution in [1.29, 1.82) is 0 Å². The second-order valence-corrected chi connectivity index (χ2v) is 5.14. The molecule has 1 heterocycles. The van der Waals surface area contributed by atoms with Gasteiger partial charge in [-0.05, 0) is 49.7 Å². The summed E-state index contributed by atoms with van der Waals surface area (Å²) in [6, 6.07) is 5.07. The Bertz CT molecular complexity index is 400. The summed E-state index contributed by atoms with van der Waals surface area (Å²) in [4.78, 5) is 4.85. The van der Waals surface area contributed by atoms with Crippen LogP contribution in [0.2, 0.25) is 0 Å². The zero-order valence-corrected chi connectivity index (χ0v) is 11.7. The molecule has 1 aliphatic rings. The van der Waals surface area contributed by atoms with Gasteiger partial charge in [-0.15, -0.1) is 0 Å². The van der Waals surface area contributed by atoms with Crippen LogP contribution in [0.5, 0.6) is 0 Å². The monoisotopic (exact) mass is 265 g/mol. The van der Waals surface area contributed by atoms with Gasteiger partial charge in [-0.2, -0.15) is 0 Å². The van der Waals surface area contributed by atoms with Crippen molar-refractivity contribution >= 4 is 5.69 Å². The SMILES string of the molecule is CCCN1CCN(c2ccc(F)cc2CCN)CC1. The van der Waals surface area contributed by atoms with Crippen LogP contribution in [0.3, 0.4) is 0 Å². The predicted octanol–water partition coefficient (Wildman–Crippen LogP) is 1.86. The summed E-state index contributed by atoms with van der Waals surface area (Å²) < 4.78 is 13.3. The van der Waals surface area contributed by atoms with Gasteiger partial charge in [-0.3, -0.25) is 4.90 Å². The molecule has 0 aromatic heterocycles. The largest absolute Gasteiger partial charge is 0.369 e. The van der Waals surface area contributed by atoms with E-state index in [1.54, 1.807) is 12.1 Å². The van der Waals surface area contributed by atoms with Gasteiger partial charge in [-0.25, -0.2) is 4.39 Å². The smallest absolute Gasteiger partial charge is 0.123 e. The van der Waals surface area contributed by atoms with Crippen LogP contribution in [-0.4, -0.2) is 44.2 Å². The summed E-state index contributed by atoms with van der Waals surface area (Å²) in [6.45, 7) is 8.16. The molecular weight excluding hydrogens is 241 g/mol. The van der Waals surface area contributed by atoms with Gasteiger partial charge in [0.05, 0.1) is 0 Å². The third kappa shape index (κ3) is 3.67. The predicted molar refractivity (Wildman–Crippen MR) is 78.1 cm³/mol. The van der Waals surface area contributed by atoms with Gasteiger partial charge < -0.3 is 10.6 Å². The summed E-state index contributed by atoms with van der Waals surface area (Å²) in [5.41, 5.74) is 7.81. The van der Waals surface area contributed by atoms with Gasteiger partial charge in [0.15, 0.2) is 0 Å². The number of hydrogen-bond acceptors (Lipinski definition) is 3. The molecule has 3 nitrogen and oxygen atoms in total. The van der Waals surface area contributed by atoms with Gasteiger partial charge in [0, 0.05) is 31.9 Å². The Kier molecular flexibility index (Phi) is 5.16. The van der Waals surface area contributed by atoms with E-state index < -0.39 is 0 Å². The lowest BCUT2D eigenvalue weighted by Crippen LogP contribution is -2.46. The Morgan fingerprint density at radius 1 is 1.21 bits per heavy atom. The highest BCUT2D eigenvalue weighted by atomic mass is 19.1. The number of benzene rings is 1. The average Bonchev–Trinajstić information content (AvgIpc) is 2.41. The van der Waals surface area contributed by atoms with Gasteiger partial charge >= 0.3 is 0 Å². The summed E-state index contributed by atoms with van der Waals surface area (Å²) in [6.07, 6.45) is 1.94. The minimum absolute atomic E-state index is 0.170. The number of anilines is 1. The van der Waals surface area contributed by atoms with Gasteiger partial charge in [-0.1, -0.05) is 6.92 Å². The van der Waals surface area contributed by atoms with Crippen molar-refractivity contribution in [2.45, 2.75) is 19.8 Å². The van der Waals surface area contributed by atoms with Crippen LogP contribution in [-0.2, 0) is 6.42 Å². The molecule has 0 radical (unpaired) electrons. The van der Waals surface area contributed by atoms with Gasteiger partial charge in [0.25, 0.3) is 0 Å². The molecule has 1 aromatic rings. The molecule has 1 aliphatic heterocycles. The molecule has 0 atom stereocenters. The van der Waals surface area contributed by atoms with E-state index in [-0.39, 0.29) is 5.82 Å². The molecule has 0 unspecified atom stereocenters. The molecule has 19 heavy (non-hydrogen) atoms. The van der Waals surface area contributed by atoms with Crippen molar-refractivity contribution in [3.05, 3.63) is 29.6 Å². The molecule has 0 amide bonds. The fourth-order valence-corrected chi connectivity index (χ4v) is 2.75. The standard InChI is InChI=1S/C15H24FN3/c1-2-7-18-8-10-19(11-9-18)15-4-3-14(16)12-13(15)5-6-17/h3-4,12H,2,5-11,17H2,1H3. The molecule has 1 aromatic carbocycles. The molecule has 2 N–H and O–H groups in total. The quantitative estimate of drug-likeness (QED) is 0.882. The summed E-state index contributed by atoms with van der Waals surface area (Å²) in [7, 11) is 0. The molecule has 4 heteroatoms. The van der Waals surface area contributed by atoms with E-state index in [4.69, 9.17) is 5.73 Å². The topological polar surface area (TPSA) is 32.5 Å². The highest BCUT2D eigenvalue weighted by Crippen LogP contribution is 2.23. The fourth-order valence-electron chi connectivity index (χ4n) is 2.75. The van der Waals surface area contributed by atoms with E-state index in [1.807, 2.05) is 6.07 Å². The molecule has 2 rings (SSSR count). The Morgan fingerprint density at radius 3 is 2.58 bits per heavy atom. The molecule has 0 saturated carbocycles. The number of halogens is 1. The Labute approximate surface area is 115 Å². The van der Waals surface area contributed by atoms with Crippen LogP contribution < -0.4 is 10.6 Å². The van der Waals surface area contributed by atoms with E-state index in [0.717, 1.165) is 43.9 Å². The molecule has 0 aliphatic carbocycles. The molecule has 0 spiro atoms.